The molecule has 0 aliphatic carbocycles. The van der Waals surface area contributed by atoms with Crippen molar-refractivity contribution in [2.45, 2.75) is 4.90 Å². The van der Waals surface area contributed by atoms with E-state index in [0.717, 1.165) is 6.20 Å². The summed E-state index contributed by atoms with van der Waals surface area (Å²) >= 11 is 0. The molecule has 10 heteroatoms. The van der Waals surface area contributed by atoms with Crippen LogP contribution in [0.25, 0.3) is 10.9 Å². The first-order valence-corrected chi connectivity index (χ1v) is 8.67. The van der Waals surface area contributed by atoms with Crippen LogP contribution in [0.4, 0.5) is 10.5 Å². The van der Waals surface area contributed by atoms with Gasteiger partial charge in [0.05, 0.1) is 15.3 Å². The Bertz CT molecular complexity index is 1100. The summed E-state index contributed by atoms with van der Waals surface area (Å²) in [5, 5.41) is 11.2. The van der Waals surface area contributed by atoms with Crippen molar-refractivity contribution in [3.63, 3.8) is 0 Å². The first kappa shape index (κ1) is 17.3. The van der Waals surface area contributed by atoms with Crippen LogP contribution in [0.15, 0.2) is 65.7 Å². The highest BCUT2D eigenvalue weighted by molar-refractivity contribution is 7.90. The molecule has 1 aromatic heterocycles. The highest BCUT2D eigenvalue weighted by atomic mass is 32.2. The molecule has 9 nitrogen and oxygen atoms in total. The van der Waals surface area contributed by atoms with Gasteiger partial charge in [-0.05, 0) is 24.3 Å². The van der Waals surface area contributed by atoms with E-state index in [1.165, 1.54) is 48.5 Å². The van der Waals surface area contributed by atoms with E-state index in [9.17, 15) is 23.3 Å². The van der Waals surface area contributed by atoms with Gasteiger partial charge in [0.25, 0.3) is 15.7 Å². The number of aromatic nitrogens is 1. The Morgan fingerprint density at radius 2 is 1.85 bits per heavy atom. The van der Waals surface area contributed by atoms with Gasteiger partial charge in [0, 0.05) is 17.5 Å². The number of hydrogen-bond acceptors (Lipinski definition) is 7. The molecule has 0 fully saturated rings. The fourth-order valence-corrected chi connectivity index (χ4v) is 3.04. The van der Waals surface area contributed by atoms with Crippen LogP contribution in [-0.4, -0.2) is 24.4 Å². The summed E-state index contributed by atoms with van der Waals surface area (Å²) in [6.45, 7) is 0. The Morgan fingerprint density at radius 1 is 1.12 bits per heavy atom. The zero-order chi connectivity index (χ0) is 18.7. The topological polar surface area (TPSA) is 128 Å². The van der Waals surface area contributed by atoms with Crippen molar-refractivity contribution in [2.75, 3.05) is 0 Å². The van der Waals surface area contributed by atoms with E-state index in [4.69, 9.17) is 4.74 Å². The molecular formula is C16H11N3O6S. The summed E-state index contributed by atoms with van der Waals surface area (Å²) in [5.41, 5.74) is 0.185. The molecule has 2 aromatic carbocycles. The highest BCUT2D eigenvalue weighted by Gasteiger charge is 2.18. The number of amides is 1. The van der Waals surface area contributed by atoms with Gasteiger partial charge in [-0.25, -0.2) is 22.9 Å². The minimum Gasteiger partial charge on any atom is -0.410 e. The van der Waals surface area contributed by atoms with E-state index in [1.54, 1.807) is 10.8 Å². The van der Waals surface area contributed by atoms with E-state index < -0.39 is 21.0 Å². The van der Waals surface area contributed by atoms with Crippen LogP contribution < -0.4 is 9.46 Å². The fraction of sp³-hybridized carbons (Fsp3) is 0. The van der Waals surface area contributed by atoms with Gasteiger partial charge in [0.1, 0.15) is 11.9 Å². The van der Waals surface area contributed by atoms with Crippen LogP contribution in [0.3, 0.4) is 0 Å². The third-order valence-corrected chi connectivity index (χ3v) is 4.66. The molecule has 0 unspecified atom stereocenters. The number of carbonyl (C=O) groups excluding carboxylic acids is 1. The van der Waals surface area contributed by atoms with E-state index in [-0.39, 0.29) is 16.3 Å². The molecule has 0 radical (unpaired) electrons. The van der Waals surface area contributed by atoms with Crippen molar-refractivity contribution in [1.82, 2.24) is 9.71 Å². The number of pyridine rings is 1. The Kier molecular flexibility index (Phi) is 4.50. The first-order chi connectivity index (χ1) is 12.3. The molecule has 0 aliphatic heterocycles. The summed E-state index contributed by atoms with van der Waals surface area (Å²) in [7, 11) is -4.05. The van der Waals surface area contributed by atoms with Gasteiger partial charge in [0.2, 0.25) is 0 Å². The van der Waals surface area contributed by atoms with Crippen molar-refractivity contribution in [3.05, 3.63) is 70.9 Å². The van der Waals surface area contributed by atoms with E-state index in [1.807, 2.05) is 0 Å². The average Bonchev–Trinajstić information content (AvgIpc) is 2.61. The summed E-state index contributed by atoms with van der Waals surface area (Å²) in [5.74, 6) is 0.0413. The van der Waals surface area contributed by atoms with Crippen LogP contribution in [0.2, 0.25) is 0 Å². The molecule has 1 amide bonds. The van der Waals surface area contributed by atoms with Crippen LogP contribution in [0, 0.1) is 10.1 Å². The monoisotopic (exact) mass is 373 g/mol. The lowest BCUT2D eigenvalue weighted by atomic mass is 10.2. The minimum absolute atomic E-state index is 0.0413. The van der Waals surface area contributed by atoms with E-state index in [2.05, 4.69) is 4.98 Å². The summed E-state index contributed by atoms with van der Waals surface area (Å²) in [6, 6.07) is 12.9. The number of rotatable bonds is 4. The van der Waals surface area contributed by atoms with Gasteiger partial charge < -0.3 is 4.74 Å². The second-order valence-corrected chi connectivity index (χ2v) is 6.80. The molecule has 1 N–H and O–H groups in total. The van der Waals surface area contributed by atoms with Crippen LogP contribution in [0.1, 0.15) is 0 Å². The van der Waals surface area contributed by atoms with Crippen LogP contribution >= 0.6 is 0 Å². The first-order valence-electron chi connectivity index (χ1n) is 7.19. The highest BCUT2D eigenvalue weighted by Crippen LogP contribution is 2.23. The number of nitro groups is 1. The maximum absolute atomic E-state index is 12.1. The maximum atomic E-state index is 12.1. The van der Waals surface area contributed by atoms with Gasteiger partial charge in [0.15, 0.2) is 0 Å². The predicted molar refractivity (Wildman–Crippen MR) is 91.2 cm³/mol. The molecule has 0 saturated heterocycles. The zero-order valence-corrected chi connectivity index (χ0v) is 13.8. The van der Waals surface area contributed by atoms with Crippen molar-refractivity contribution >= 4 is 32.7 Å². The van der Waals surface area contributed by atoms with Gasteiger partial charge in [-0.15, -0.1) is 0 Å². The fourth-order valence-electron chi connectivity index (χ4n) is 2.15. The molecule has 0 bridgehead atoms. The molecule has 1 heterocycles. The van der Waals surface area contributed by atoms with Gasteiger partial charge in [-0.1, -0.05) is 18.2 Å². The molecule has 3 aromatic rings. The lowest BCUT2D eigenvalue weighted by molar-refractivity contribution is -0.385. The van der Waals surface area contributed by atoms with Crippen molar-refractivity contribution in [2.24, 2.45) is 0 Å². The number of hydrogen-bond donors (Lipinski definition) is 1. The number of nitrogens with one attached hydrogen (secondary N) is 1. The second kappa shape index (κ2) is 6.76. The quantitative estimate of drug-likeness (QED) is 0.550. The third kappa shape index (κ3) is 3.75. The molecule has 26 heavy (non-hydrogen) atoms. The number of benzene rings is 2. The average molecular weight is 373 g/mol. The molecule has 0 saturated carbocycles. The molecular weight excluding hydrogens is 362 g/mol. The predicted octanol–water partition coefficient (Wildman–Crippen LogP) is 2.62. The lowest BCUT2D eigenvalue weighted by Gasteiger charge is -2.08. The molecule has 0 aliphatic rings. The maximum Gasteiger partial charge on any atom is 0.426 e. The second-order valence-electron chi connectivity index (χ2n) is 5.11. The largest absolute Gasteiger partial charge is 0.426 e. The van der Waals surface area contributed by atoms with Crippen molar-refractivity contribution in [3.8, 4) is 5.75 Å². The Balaban J connectivity index is 1.77. The van der Waals surface area contributed by atoms with Crippen LogP contribution in [0.5, 0.6) is 5.75 Å². The summed E-state index contributed by atoms with van der Waals surface area (Å²) in [4.78, 5) is 25.9. The van der Waals surface area contributed by atoms with Gasteiger partial charge in [-0.3, -0.25) is 10.1 Å². The lowest BCUT2D eigenvalue weighted by Crippen LogP contribution is -2.33. The normalized spacial score (nSPS) is 11.1. The Morgan fingerprint density at radius 3 is 2.54 bits per heavy atom. The third-order valence-electron chi connectivity index (χ3n) is 3.33. The Hall–Kier alpha value is -3.53. The smallest absolute Gasteiger partial charge is 0.410 e. The molecule has 3 rings (SSSR count). The van der Waals surface area contributed by atoms with Gasteiger partial charge >= 0.3 is 6.09 Å². The number of sulfonamides is 1. The number of fused-ring (bicyclic) bond motifs is 1. The Labute approximate surface area is 147 Å². The summed E-state index contributed by atoms with van der Waals surface area (Å²) in [6.07, 6.45) is -0.110. The minimum atomic E-state index is -4.05. The SMILES string of the molecule is O=C(NS(=O)(=O)c1ccccc1)Oc1ccc2cc([N+](=O)[O-])cnc2c1. The number of carbonyl (C=O) groups is 1. The molecule has 0 spiro atoms. The number of nitrogens with zero attached hydrogens (tertiary/aromatic N) is 2. The standard InChI is InChI=1S/C16H11N3O6S/c20-16(18-26(23,24)14-4-2-1-3-5-14)25-13-7-6-11-8-12(19(21)22)10-17-15(11)9-13/h1-10H,(H,18,20). The van der Waals surface area contributed by atoms with Crippen molar-refractivity contribution < 1.29 is 22.9 Å². The van der Waals surface area contributed by atoms with E-state index in [0.29, 0.717) is 10.9 Å². The van der Waals surface area contributed by atoms with Crippen LogP contribution in [-0.2, 0) is 10.0 Å². The molecule has 0 atom stereocenters. The number of ether oxygens (including phenoxy) is 1. The summed E-state index contributed by atoms with van der Waals surface area (Å²) < 4.78 is 30.9. The van der Waals surface area contributed by atoms with E-state index >= 15 is 0 Å². The van der Waals surface area contributed by atoms with Crippen molar-refractivity contribution in [1.29, 1.82) is 0 Å². The zero-order valence-electron chi connectivity index (χ0n) is 13.0. The van der Waals surface area contributed by atoms with Gasteiger partial charge in [-0.2, -0.15) is 0 Å². The molecule has 132 valence electrons.